The molecule has 5 nitrogen and oxygen atoms in total. The van der Waals surface area contributed by atoms with Gasteiger partial charge in [-0.15, -0.1) is 0 Å². The minimum absolute atomic E-state index is 0.115. The molecule has 114 valence electrons. The molecule has 0 unspecified atom stereocenters. The van der Waals surface area contributed by atoms with Crippen molar-refractivity contribution in [2.45, 2.75) is 57.8 Å². The van der Waals surface area contributed by atoms with E-state index in [0.29, 0.717) is 29.4 Å². The molecule has 1 saturated heterocycles. The summed E-state index contributed by atoms with van der Waals surface area (Å²) in [5, 5.41) is 3.62. The van der Waals surface area contributed by atoms with E-state index in [1.54, 1.807) is 12.4 Å². The Kier molecular flexibility index (Phi) is 3.06. The molecule has 0 radical (unpaired) electrons. The van der Waals surface area contributed by atoms with Crippen molar-refractivity contribution >= 4 is 5.82 Å². The number of hydrogen-bond donors (Lipinski definition) is 1. The Hall–Kier alpha value is -1.36. The molecule has 1 aromatic heterocycles. The molecule has 1 spiro atoms. The SMILES string of the molecule is CC(C)Oc1cncc(N[C@@H]2[C@@H]3CCO[C@@H]3C23CCC3)n1. The van der Waals surface area contributed by atoms with Crippen LogP contribution in [0.5, 0.6) is 5.88 Å². The van der Waals surface area contributed by atoms with Crippen LogP contribution in [0.15, 0.2) is 12.4 Å². The molecule has 2 aliphatic carbocycles. The van der Waals surface area contributed by atoms with Gasteiger partial charge in [0.05, 0.1) is 24.6 Å². The van der Waals surface area contributed by atoms with E-state index in [-0.39, 0.29) is 6.10 Å². The minimum Gasteiger partial charge on any atom is -0.474 e. The molecule has 2 saturated carbocycles. The number of aromatic nitrogens is 2. The van der Waals surface area contributed by atoms with Gasteiger partial charge in [0.25, 0.3) is 0 Å². The van der Waals surface area contributed by atoms with E-state index < -0.39 is 0 Å². The Morgan fingerprint density at radius 1 is 1.38 bits per heavy atom. The van der Waals surface area contributed by atoms with Crippen molar-refractivity contribution in [3.63, 3.8) is 0 Å². The number of fused-ring (bicyclic) bond motifs is 2. The number of ether oxygens (including phenoxy) is 2. The fourth-order valence-electron chi connectivity index (χ4n) is 4.33. The first-order chi connectivity index (χ1) is 10.2. The van der Waals surface area contributed by atoms with Crippen LogP contribution in [0.2, 0.25) is 0 Å². The highest BCUT2D eigenvalue weighted by Gasteiger charge is 2.66. The highest BCUT2D eigenvalue weighted by molar-refractivity contribution is 5.39. The van der Waals surface area contributed by atoms with Gasteiger partial charge in [-0.3, -0.25) is 4.98 Å². The molecule has 1 aromatic rings. The molecule has 21 heavy (non-hydrogen) atoms. The molecule has 5 heteroatoms. The van der Waals surface area contributed by atoms with Crippen molar-refractivity contribution < 1.29 is 9.47 Å². The lowest BCUT2D eigenvalue weighted by atomic mass is 9.46. The maximum atomic E-state index is 5.95. The third-order valence-electron chi connectivity index (χ3n) is 5.31. The Morgan fingerprint density at radius 2 is 2.24 bits per heavy atom. The van der Waals surface area contributed by atoms with Gasteiger partial charge >= 0.3 is 0 Å². The summed E-state index contributed by atoms with van der Waals surface area (Å²) in [7, 11) is 0. The van der Waals surface area contributed by atoms with Gasteiger partial charge in [-0.25, -0.2) is 0 Å². The van der Waals surface area contributed by atoms with Gasteiger partial charge in [0.1, 0.15) is 5.82 Å². The van der Waals surface area contributed by atoms with Gasteiger partial charge in [0.15, 0.2) is 0 Å². The summed E-state index contributed by atoms with van der Waals surface area (Å²) >= 11 is 0. The summed E-state index contributed by atoms with van der Waals surface area (Å²) in [5.74, 6) is 2.06. The second-order valence-corrected chi connectivity index (χ2v) is 6.86. The quantitative estimate of drug-likeness (QED) is 0.923. The van der Waals surface area contributed by atoms with Crippen LogP contribution in [-0.2, 0) is 4.74 Å². The number of rotatable bonds is 4. The number of anilines is 1. The first-order valence-electron chi connectivity index (χ1n) is 8.06. The average molecular weight is 289 g/mol. The van der Waals surface area contributed by atoms with E-state index >= 15 is 0 Å². The Labute approximate surface area is 125 Å². The third kappa shape index (κ3) is 2.01. The van der Waals surface area contributed by atoms with E-state index in [4.69, 9.17) is 9.47 Å². The summed E-state index contributed by atoms with van der Waals surface area (Å²) < 4.78 is 11.6. The lowest BCUT2D eigenvalue weighted by Crippen LogP contribution is -2.68. The molecule has 3 fully saturated rings. The van der Waals surface area contributed by atoms with Crippen LogP contribution in [0, 0.1) is 11.3 Å². The normalized spacial score (nSPS) is 32.4. The third-order valence-corrected chi connectivity index (χ3v) is 5.31. The standard InChI is InChI=1S/C16H23N3O2/c1-10(2)21-13-9-17-8-12(18-13)19-14-11-4-7-20-15(11)16(14)5-3-6-16/h8-11,14-15H,3-7H2,1-2H3,(H,18,19)/t11-,14+,15-/m0/s1. The van der Waals surface area contributed by atoms with Crippen LogP contribution in [0.1, 0.15) is 39.5 Å². The molecule has 2 heterocycles. The fourth-order valence-corrected chi connectivity index (χ4v) is 4.33. The van der Waals surface area contributed by atoms with E-state index in [1.807, 2.05) is 13.8 Å². The van der Waals surface area contributed by atoms with Gasteiger partial charge in [0, 0.05) is 24.0 Å². The first-order valence-corrected chi connectivity index (χ1v) is 8.06. The number of hydrogen-bond acceptors (Lipinski definition) is 5. The summed E-state index contributed by atoms with van der Waals surface area (Å²) in [5.41, 5.74) is 0.359. The number of nitrogens with zero attached hydrogens (tertiary/aromatic N) is 2. The van der Waals surface area contributed by atoms with Crippen LogP contribution >= 0.6 is 0 Å². The van der Waals surface area contributed by atoms with E-state index in [9.17, 15) is 0 Å². The van der Waals surface area contributed by atoms with Crippen molar-refractivity contribution in [2.24, 2.45) is 11.3 Å². The smallest absolute Gasteiger partial charge is 0.234 e. The fraction of sp³-hybridized carbons (Fsp3) is 0.750. The van der Waals surface area contributed by atoms with Gasteiger partial charge in [-0.2, -0.15) is 4.98 Å². The molecular formula is C16H23N3O2. The van der Waals surface area contributed by atoms with Crippen LogP contribution in [-0.4, -0.2) is 34.8 Å². The molecule has 3 atom stereocenters. The predicted molar refractivity (Wildman–Crippen MR) is 79.3 cm³/mol. The molecule has 1 aliphatic heterocycles. The Morgan fingerprint density at radius 3 is 2.95 bits per heavy atom. The Balaban J connectivity index is 1.50. The first kappa shape index (κ1) is 13.3. The van der Waals surface area contributed by atoms with Gasteiger partial charge in [-0.1, -0.05) is 6.42 Å². The van der Waals surface area contributed by atoms with Crippen LogP contribution < -0.4 is 10.1 Å². The predicted octanol–water partition coefficient (Wildman–Crippen LogP) is 2.63. The maximum Gasteiger partial charge on any atom is 0.234 e. The van der Waals surface area contributed by atoms with Gasteiger partial charge in [-0.05, 0) is 33.1 Å². The van der Waals surface area contributed by atoms with Crippen molar-refractivity contribution in [3.05, 3.63) is 12.4 Å². The van der Waals surface area contributed by atoms with Crippen molar-refractivity contribution in [1.29, 1.82) is 0 Å². The maximum absolute atomic E-state index is 5.95. The molecule has 3 aliphatic rings. The van der Waals surface area contributed by atoms with Crippen LogP contribution in [0.25, 0.3) is 0 Å². The zero-order chi connectivity index (χ0) is 14.4. The van der Waals surface area contributed by atoms with E-state index in [1.165, 1.54) is 25.7 Å². The monoisotopic (exact) mass is 289 g/mol. The highest BCUT2D eigenvalue weighted by Crippen LogP contribution is 2.63. The Bertz CT molecular complexity index is 530. The van der Waals surface area contributed by atoms with Crippen LogP contribution in [0.4, 0.5) is 5.82 Å². The molecular weight excluding hydrogens is 266 g/mol. The largest absolute Gasteiger partial charge is 0.474 e. The van der Waals surface area contributed by atoms with Crippen molar-refractivity contribution in [1.82, 2.24) is 9.97 Å². The highest BCUT2D eigenvalue weighted by atomic mass is 16.5. The second-order valence-electron chi connectivity index (χ2n) is 6.86. The molecule has 0 bridgehead atoms. The average Bonchev–Trinajstić information content (AvgIpc) is 2.79. The summed E-state index contributed by atoms with van der Waals surface area (Å²) in [4.78, 5) is 8.78. The molecule has 0 amide bonds. The zero-order valence-corrected chi connectivity index (χ0v) is 12.7. The van der Waals surface area contributed by atoms with E-state index in [0.717, 1.165) is 12.4 Å². The minimum atomic E-state index is 0.115. The van der Waals surface area contributed by atoms with Gasteiger partial charge < -0.3 is 14.8 Å². The number of nitrogens with one attached hydrogen (secondary N) is 1. The van der Waals surface area contributed by atoms with Crippen molar-refractivity contribution in [2.75, 3.05) is 11.9 Å². The second kappa shape index (κ2) is 4.83. The molecule has 1 N–H and O–H groups in total. The summed E-state index contributed by atoms with van der Waals surface area (Å²) in [6.07, 6.45) is 9.11. The summed E-state index contributed by atoms with van der Waals surface area (Å²) in [6, 6.07) is 0.488. The lowest BCUT2D eigenvalue weighted by Gasteiger charge is -2.63. The summed E-state index contributed by atoms with van der Waals surface area (Å²) in [6.45, 7) is 4.91. The van der Waals surface area contributed by atoms with Crippen LogP contribution in [0.3, 0.4) is 0 Å². The topological polar surface area (TPSA) is 56.3 Å². The molecule has 0 aromatic carbocycles. The molecule has 4 rings (SSSR count). The van der Waals surface area contributed by atoms with Crippen molar-refractivity contribution in [3.8, 4) is 5.88 Å². The zero-order valence-electron chi connectivity index (χ0n) is 12.7. The van der Waals surface area contributed by atoms with Gasteiger partial charge in [0.2, 0.25) is 5.88 Å². The van der Waals surface area contributed by atoms with E-state index in [2.05, 4.69) is 15.3 Å². The lowest BCUT2D eigenvalue weighted by molar-refractivity contribution is -0.158.